The Morgan fingerprint density at radius 3 is 2.00 bits per heavy atom. The van der Waals surface area contributed by atoms with Crippen molar-refractivity contribution in [3.05, 3.63) is 59.7 Å². The summed E-state index contributed by atoms with van der Waals surface area (Å²) in [7, 11) is 0. The smallest absolute Gasteiger partial charge is 0.0162 e. The fraction of sp³-hybridized carbons (Fsp3) is 0.556. The van der Waals surface area contributed by atoms with E-state index in [0.29, 0.717) is 0 Å². The number of rotatable bonds is 8. The SMILES string of the molecule is CCCC(C)CCCc1ccc(-c2ccc(C3CCC(C)CC3)cc2)cc1. The lowest BCUT2D eigenvalue weighted by Crippen LogP contribution is -2.10. The average molecular weight is 363 g/mol. The van der Waals surface area contributed by atoms with Gasteiger partial charge in [0, 0.05) is 0 Å². The van der Waals surface area contributed by atoms with Gasteiger partial charge in [-0.1, -0.05) is 101 Å². The maximum atomic E-state index is 2.40. The van der Waals surface area contributed by atoms with E-state index in [0.717, 1.165) is 17.8 Å². The molecule has 0 bridgehead atoms. The Morgan fingerprint density at radius 2 is 1.41 bits per heavy atom. The third kappa shape index (κ3) is 5.96. The molecule has 0 aliphatic heterocycles. The molecule has 0 heterocycles. The van der Waals surface area contributed by atoms with Crippen LogP contribution in [0.5, 0.6) is 0 Å². The van der Waals surface area contributed by atoms with Gasteiger partial charge in [-0.3, -0.25) is 0 Å². The molecule has 1 fully saturated rings. The summed E-state index contributed by atoms with van der Waals surface area (Å²) in [5.74, 6) is 2.58. The third-order valence-electron chi connectivity index (χ3n) is 6.63. The van der Waals surface area contributed by atoms with E-state index >= 15 is 0 Å². The molecule has 0 heteroatoms. The number of hydrogen-bond donors (Lipinski definition) is 0. The number of benzene rings is 2. The second-order valence-corrected chi connectivity index (χ2v) is 9.06. The number of aryl methyl sites for hydroxylation is 1. The quantitative estimate of drug-likeness (QED) is 0.442. The Bertz CT molecular complexity index is 656. The highest BCUT2D eigenvalue weighted by atomic mass is 14.2. The molecule has 0 saturated heterocycles. The monoisotopic (exact) mass is 362 g/mol. The minimum Gasteiger partial charge on any atom is -0.0654 e. The largest absolute Gasteiger partial charge is 0.0654 e. The number of hydrogen-bond acceptors (Lipinski definition) is 0. The lowest BCUT2D eigenvalue weighted by Gasteiger charge is -2.26. The normalized spacial score (nSPS) is 21.1. The van der Waals surface area contributed by atoms with Crippen LogP contribution in [0.4, 0.5) is 0 Å². The Morgan fingerprint density at radius 1 is 0.815 bits per heavy atom. The van der Waals surface area contributed by atoms with Crippen molar-refractivity contribution < 1.29 is 0 Å². The zero-order valence-corrected chi connectivity index (χ0v) is 17.7. The van der Waals surface area contributed by atoms with E-state index < -0.39 is 0 Å². The summed E-state index contributed by atoms with van der Waals surface area (Å²) in [5, 5.41) is 0. The van der Waals surface area contributed by atoms with Crippen LogP contribution in [-0.2, 0) is 6.42 Å². The minimum atomic E-state index is 0.785. The molecule has 0 spiro atoms. The molecule has 27 heavy (non-hydrogen) atoms. The summed E-state index contributed by atoms with van der Waals surface area (Å²) >= 11 is 0. The van der Waals surface area contributed by atoms with Crippen LogP contribution < -0.4 is 0 Å². The highest BCUT2D eigenvalue weighted by Crippen LogP contribution is 2.36. The van der Waals surface area contributed by atoms with E-state index in [2.05, 4.69) is 69.3 Å². The van der Waals surface area contributed by atoms with Crippen molar-refractivity contribution in [2.24, 2.45) is 11.8 Å². The molecular formula is C27H38. The van der Waals surface area contributed by atoms with E-state index in [1.54, 1.807) is 5.56 Å². The van der Waals surface area contributed by atoms with Crippen LogP contribution in [0.1, 0.15) is 89.2 Å². The van der Waals surface area contributed by atoms with Gasteiger partial charge in [0.25, 0.3) is 0 Å². The minimum absolute atomic E-state index is 0.785. The van der Waals surface area contributed by atoms with E-state index in [-0.39, 0.29) is 0 Å². The predicted octanol–water partition coefficient (Wildman–Crippen LogP) is 8.41. The average Bonchev–Trinajstić information content (AvgIpc) is 2.70. The first-order valence-corrected chi connectivity index (χ1v) is 11.3. The molecule has 1 atom stereocenters. The Labute approximate surface area is 167 Å². The van der Waals surface area contributed by atoms with Gasteiger partial charge in [0.05, 0.1) is 0 Å². The van der Waals surface area contributed by atoms with Gasteiger partial charge >= 0.3 is 0 Å². The molecule has 0 N–H and O–H groups in total. The molecule has 0 amide bonds. The lowest BCUT2D eigenvalue weighted by atomic mass is 9.79. The van der Waals surface area contributed by atoms with Crippen molar-refractivity contribution in [2.75, 3.05) is 0 Å². The summed E-state index contributed by atoms with van der Waals surface area (Å²) in [6, 6.07) is 18.7. The molecule has 146 valence electrons. The van der Waals surface area contributed by atoms with Gasteiger partial charge < -0.3 is 0 Å². The van der Waals surface area contributed by atoms with Crippen LogP contribution >= 0.6 is 0 Å². The lowest BCUT2D eigenvalue weighted by molar-refractivity contribution is 0.348. The van der Waals surface area contributed by atoms with Crippen LogP contribution in [0, 0.1) is 11.8 Å². The van der Waals surface area contributed by atoms with E-state index in [1.165, 1.54) is 74.5 Å². The molecular weight excluding hydrogens is 324 g/mol. The van der Waals surface area contributed by atoms with Crippen LogP contribution in [0.2, 0.25) is 0 Å². The standard InChI is InChI=1S/C27H38/c1-4-6-21(2)7-5-8-23-11-15-25(16-12-23)27-19-17-26(18-20-27)24-13-9-22(3)10-14-24/h11-12,15-22,24H,4-10,13-14H2,1-3H3. The second kappa shape index (κ2) is 10.1. The molecule has 1 saturated carbocycles. The van der Waals surface area contributed by atoms with Crippen molar-refractivity contribution >= 4 is 0 Å². The molecule has 2 aromatic carbocycles. The van der Waals surface area contributed by atoms with Crippen molar-refractivity contribution in [1.29, 1.82) is 0 Å². The molecule has 0 nitrogen and oxygen atoms in total. The highest BCUT2D eigenvalue weighted by Gasteiger charge is 2.19. The van der Waals surface area contributed by atoms with Crippen LogP contribution in [0.3, 0.4) is 0 Å². The zero-order valence-electron chi connectivity index (χ0n) is 17.7. The van der Waals surface area contributed by atoms with Gasteiger partial charge in [-0.05, 0) is 65.7 Å². The fourth-order valence-corrected chi connectivity index (χ4v) is 4.70. The van der Waals surface area contributed by atoms with Crippen molar-refractivity contribution in [3.8, 4) is 11.1 Å². The van der Waals surface area contributed by atoms with Gasteiger partial charge in [-0.25, -0.2) is 0 Å². The predicted molar refractivity (Wildman–Crippen MR) is 119 cm³/mol. The molecule has 1 aliphatic rings. The first-order chi connectivity index (χ1) is 13.2. The van der Waals surface area contributed by atoms with Gasteiger partial charge in [-0.15, -0.1) is 0 Å². The van der Waals surface area contributed by atoms with E-state index in [4.69, 9.17) is 0 Å². The highest BCUT2D eigenvalue weighted by molar-refractivity contribution is 5.64. The van der Waals surface area contributed by atoms with E-state index in [9.17, 15) is 0 Å². The summed E-state index contributed by atoms with van der Waals surface area (Å²) < 4.78 is 0. The third-order valence-corrected chi connectivity index (χ3v) is 6.63. The maximum Gasteiger partial charge on any atom is -0.0162 e. The van der Waals surface area contributed by atoms with Gasteiger partial charge in [0.15, 0.2) is 0 Å². The molecule has 1 unspecified atom stereocenters. The van der Waals surface area contributed by atoms with Gasteiger partial charge in [0.2, 0.25) is 0 Å². The molecule has 1 aliphatic carbocycles. The van der Waals surface area contributed by atoms with Crippen molar-refractivity contribution in [1.82, 2.24) is 0 Å². The van der Waals surface area contributed by atoms with Crippen LogP contribution in [-0.4, -0.2) is 0 Å². The summed E-state index contributed by atoms with van der Waals surface area (Å²) in [4.78, 5) is 0. The summed E-state index contributed by atoms with van der Waals surface area (Å²) in [5.41, 5.74) is 5.73. The Balaban J connectivity index is 1.54. The van der Waals surface area contributed by atoms with Gasteiger partial charge in [0.1, 0.15) is 0 Å². The Hall–Kier alpha value is -1.56. The molecule has 0 aromatic heterocycles. The van der Waals surface area contributed by atoms with Crippen LogP contribution in [0.25, 0.3) is 11.1 Å². The molecule has 3 rings (SSSR count). The van der Waals surface area contributed by atoms with E-state index in [1.807, 2.05) is 0 Å². The maximum absolute atomic E-state index is 2.40. The Kier molecular flexibility index (Phi) is 7.56. The first-order valence-electron chi connectivity index (χ1n) is 11.3. The van der Waals surface area contributed by atoms with Crippen molar-refractivity contribution in [3.63, 3.8) is 0 Å². The summed E-state index contributed by atoms with van der Waals surface area (Å²) in [6.07, 6.45) is 12.1. The molecule has 0 radical (unpaired) electrons. The second-order valence-electron chi connectivity index (χ2n) is 9.06. The van der Waals surface area contributed by atoms with Gasteiger partial charge in [-0.2, -0.15) is 0 Å². The summed E-state index contributed by atoms with van der Waals surface area (Å²) in [6.45, 7) is 7.08. The first kappa shape index (κ1) is 20.2. The zero-order chi connectivity index (χ0) is 19.1. The molecule has 2 aromatic rings. The van der Waals surface area contributed by atoms with Crippen molar-refractivity contribution in [2.45, 2.75) is 84.5 Å². The fourth-order valence-electron chi connectivity index (χ4n) is 4.70. The topological polar surface area (TPSA) is 0 Å². The van der Waals surface area contributed by atoms with Crippen LogP contribution in [0.15, 0.2) is 48.5 Å².